The number of rotatable bonds is 4. The fourth-order valence-electron chi connectivity index (χ4n) is 3.86. The van der Waals surface area contributed by atoms with Gasteiger partial charge in [-0.1, -0.05) is 0 Å². The quantitative estimate of drug-likeness (QED) is 0.796. The zero-order valence-corrected chi connectivity index (χ0v) is 17.3. The number of nitrogens with zero attached hydrogens (tertiary/aromatic N) is 2. The molecule has 0 spiro atoms. The molecule has 1 saturated heterocycles. The first kappa shape index (κ1) is 20.0. The molecular formula is C20H20FN3O3S2. The average molecular weight is 434 g/mol. The van der Waals surface area contributed by atoms with Crippen molar-refractivity contribution in [1.82, 2.24) is 4.31 Å². The minimum absolute atomic E-state index is 0.0411. The smallest absolute Gasteiger partial charge is 0.256 e. The molecule has 2 heterocycles. The van der Waals surface area contributed by atoms with Crippen LogP contribution in [-0.4, -0.2) is 31.7 Å². The summed E-state index contributed by atoms with van der Waals surface area (Å²) in [6.07, 6.45) is 5.25. The summed E-state index contributed by atoms with van der Waals surface area (Å²) < 4.78 is 41.0. The van der Waals surface area contributed by atoms with E-state index in [9.17, 15) is 22.9 Å². The Hall–Kier alpha value is -2.28. The van der Waals surface area contributed by atoms with E-state index >= 15 is 0 Å². The summed E-state index contributed by atoms with van der Waals surface area (Å²) in [4.78, 5) is 13.4. The van der Waals surface area contributed by atoms with Gasteiger partial charge in [-0.05, 0) is 62.3 Å². The maximum atomic E-state index is 14.3. The molecule has 4 rings (SSSR count). The zero-order valence-electron chi connectivity index (χ0n) is 15.7. The van der Waals surface area contributed by atoms with Gasteiger partial charge >= 0.3 is 0 Å². The number of aryl methyl sites for hydroxylation is 1. The SMILES string of the molecule is N#Cc1c(NC(=O)c2ccc(F)c(S(=O)(=O)N3CCCC3)c2)sc2c1CCCC2. The summed E-state index contributed by atoms with van der Waals surface area (Å²) in [5.41, 5.74) is 1.51. The predicted octanol–water partition coefficient (Wildman–Crippen LogP) is 3.67. The summed E-state index contributed by atoms with van der Waals surface area (Å²) in [6.45, 7) is 0.703. The van der Waals surface area contributed by atoms with Gasteiger partial charge in [-0.3, -0.25) is 4.79 Å². The van der Waals surface area contributed by atoms with Crippen molar-refractivity contribution >= 4 is 32.3 Å². The molecule has 1 N–H and O–H groups in total. The number of benzene rings is 1. The van der Waals surface area contributed by atoms with Gasteiger partial charge in [0.2, 0.25) is 10.0 Å². The minimum atomic E-state index is -3.98. The van der Waals surface area contributed by atoms with Gasteiger partial charge in [0.15, 0.2) is 0 Å². The van der Waals surface area contributed by atoms with Crippen LogP contribution in [0.4, 0.5) is 9.39 Å². The number of sulfonamides is 1. The van der Waals surface area contributed by atoms with E-state index in [2.05, 4.69) is 11.4 Å². The number of carbonyl (C=O) groups excluding carboxylic acids is 1. The van der Waals surface area contributed by atoms with E-state index in [0.29, 0.717) is 23.7 Å². The van der Waals surface area contributed by atoms with Gasteiger partial charge in [-0.2, -0.15) is 9.57 Å². The van der Waals surface area contributed by atoms with E-state index in [4.69, 9.17) is 0 Å². The lowest BCUT2D eigenvalue weighted by Crippen LogP contribution is -2.29. The molecule has 152 valence electrons. The number of anilines is 1. The van der Waals surface area contributed by atoms with Gasteiger partial charge < -0.3 is 5.32 Å². The number of nitrogens with one attached hydrogen (secondary N) is 1. The first-order chi connectivity index (χ1) is 13.9. The van der Waals surface area contributed by atoms with E-state index in [1.54, 1.807) is 0 Å². The molecule has 29 heavy (non-hydrogen) atoms. The fourth-order valence-corrected chi connectivity index (χ4v) is 6.70. The van der Waals surface area contributed by atoms with Gasteiger partial charge in [-0.15, -0.1) is 11.3 Å². The van der Waals surface area contributed by atoms with Crippen molar-refractivity contribution in [2.75, 3.05) is 18.4 Å². The van der Waals surface area contributed by atoms with Crippen molar-refractivity contribution in [3.05, 3.63) is 45.6 Å². The molecule has 1 fully saturated rings. The maximum absolute atomic E-state index is 14.3. The molecule has 1 aliphatic heterocycles. The number of halogens is 1. The molecule has 2 aliphatic rings. The molecular weight excluding hydrogens is 413 g/mol. The Kier molecular flexibility index (Phi) is 5.42. The van der Waals surface area contributed by atoms with Crippen LogP contribution in [-0.2, 0) is 22.9 Å². The second-order valence-corrected chi connectivity index (χ2v) is 10.2. The summed E-state index contributed by atoms with van der Waals surface area (Å²) in [6, 6.07) is 5.52. The van der Waals surface area contributed by atoms with E-state index in [-0.39, 0.29) is 5.56 Å². The average Bonchev–Trinajstić information content (AvgIpc) is 3.36. The Morgan fingerprint density at radius 3 is 2.62 bits per heavy atom. The normalized spacial score (nSPS) is 17.0. The van der Waals surface area contributed by atoms with Gasteiger partial charge in [0.05, 0.1) is 5.56 Å². The van der Waals surface area contributed by atoms with Gasteiger partial charge in [0.1, 0.15) is 21.8 Å². The van der Waals surface area contributed by atoms with Crippen molar-refractivity contribution in [3.8, 4) is 6.07 Å². The van der Waals surface area contributed by atoms with Crippen LogP contribution in [0.3, 0.4) is 0 Å². The Labute approximate surface area is 173 Å². The topological polar surface area (TPSA) is 90.3 Å². The van der Waals surface area contributed by atoms with Crippen LogP contribution in [0.1, 0.15) is 52.0 Å². The number of carbonyl (C=O) groups is 1. The van der Waals surface area contributed by atoms with Crippen molar-refractivity contribution in [2.24, 2.45) is 0 Å². The third kappa shape index (κ3) is 3.68. The van der Waals surface area contributed by atoms with Crippen molar-refractivity contribution in [3.63, 3.8) is 0 Å². The van der Waals surface area contributed by atoms with E-state index < -0.39 is 26.6 Å². The molecule has 0 unspecified atom stereocenters. The van der Waals surface area contributed by atoms with Crippen molar-refractivity contribution in [2.45, 2.75) is 43.4 Å². The molecule has 0 radical (unpaired) electrons. The molecule has 0 atom stereocenters. The number of fused-ring (bicyclic) bond motifs is 1. The molecule has 1 aliphatic carbocycles. The number of nitriles is 1. The highest BCUT2D eigenvalue weighted by atomic mass is 32.2. The van der Waals surface area contributed by atoms with Crippen LogP contribution in [0.15, 0.2) is 23.1 Å². The molecule has 0 saturated carbocycles. The van der Waals surface area contributed by atoms with Crippen molar-refractivity contribution < 1.29 is 17.6 Å². The van der Waals surface area contributed by atoms with E-state index in [0.717, 1.165) is 61.1 Å². The second-order valence-electron chi connectivity index (χ2n) is 7.24. The lowest BCUT2D eigenvalue weighted by molar-refractivity contribution is 0.102. The highest BCUT2D eigenvalue weighted by Crippen LogP contribution is 2.38. The Morgan fingerprint density at radius 1 is 1.17 bits per heavy atom. The van der Waals surface area contributed by atoms with Crippen LogP contribution in [0.5, 0.6) is 0 Å². The first-order valence-electron chi connectivity index (χ1n) is 9.57. The molecule has 6 nitrogen and oxygen atoms in total. The third-order valence-electron chi connectivity index (χ3n) is 5.39. The second kappa shape index (κ2) is 7.86. The lowest BCUT2D eigenvalue weighted by Gasteiger charge is -2.16. The Bertz CT molecular complexity index is 1110. The van der Waals surface area contributed by atoms with Gasteiger partial charge in [0, 0.05) is 23.5 Å². The molecule has 0 bridgehead atoms. The fraction of sp³-hybridized carbons (Fsp3) is 0.400. The summed E-state index contributed by atoms with van der Waals surface area (Å²) >= 11 is 1.39. The Balaban J connectivity index is 1.64. The first-order valence-corrected chi connectivity index (χ1v) is 11.8. The molecule has 1 aromatic heterocycles. The van der Waals surface area contributed by atoms with E-state index in [1.165, 1.54) is 21.7 Å². The van der Waals surface area contributed by atoms with Crippen LogP contribution in [0.2, 0.25) is 0 Å². The number of thiophene rings is 1. The van der Waals surface area contributed by atoms with Crippen LogP contribution in [0, 0.1) is 17.1 Å². The van der Waals surface area contributed by atoms with Crippen molar-refractivity contribution in [1.29, 1.82) is 5.26 Å². The van der Waals surface area contributed by atoms with E-state index in [1.807, 2.05) is 0 Å². The molecule has 9 heteroatoms. The predicted molar refractivity (Wildman–Crippen MR) is 108 cm³/mol. The van der Waals surface area contributed by atoms with Crippen LogP contribution >= 0.6 is 11.3 Å². The number of amides is 1. The summed E-state index contributed by atoms with van der Waals surface area (Å²) in [5.74, 6) is -1.43. The standard InChI is InChI=1S/C20H20FN3O3S2/c21-16-8-7-13(11-18(16)29(26,27)24-9-3-4-10-24)19(25)23-20-15(12-22)14-5-1-2-6-17(14)28-20/h7-8,11H,1-6,9-10H2,(H,23,25). The van der Waals surface area contributed by atoms with Crippen LogP contribution in [0.25, 0.3) is 0 Å². The largest absolute Gasteiger partial charge is 0.312 e. The minimum Gasteiger partial charge on any atom is -0.312 e. The number of hydrogen-bond acceptors (Lipinski definition) is 5. The highest BCUT2D eigenvalue weighted by Gasteiger charge is 2.30. The molecule has 1 aromatic carbocycles. The highest BCUT2D eigenvalue weighted by molar-refractivity contribution is 7.89. The summed E-state index contributed by atoms with van der Waals surface area (Å²) in [7, 11) is -3.98. The summed E-state index contributed by atoms with van der Waals surface area (Å²) in [5, 5.41) is 12.7. The third-order valence-corrected chi connectivity index (χ3v) is 8.51. The van der Waals surface area contributed by atoms with Gasteiger partial charge in [-0.25, -0.2) is 12.8 Å². The maximum Gasteiger partial charge on any atom is 0.256 e. The van der Waals surface area contributed by atoms with Crippen LogP contribution < -0.4 is 5.32 Å². The molecule has 1 amide bonds. The molecule has 2 aromatic rings. The zero-order chi connectivity index (χ0) is 20.6. The van der Waals surface area contributed by atoms with Gasteiger partial charge in [0.25, 0.3) is 5.91 Å². The monoisotopic (exact) mass is 433 g/mol. The number of hydrogen-bond donors (Lipinski definition) is 1. The lowest BCUT2D eigenvalue weighted by atomic mass is 9.96. The Morgan fingerprint density at radius 2 is 1.90 bits per heavy atom.